The Morgan fingerprint density at radius 3 is 3.08 bits per heavy atom. The molecule has 1 unspecified atom stereocenters. The number of nitrogens with two attached hydrogens (primary N) is 1. The molecule has 0 aromatic carbocycles. The van der Waals surface area contributed by atoms with Crippen molar-refractivity contribution in [1.29, 1.82) is 0 Å². The molecule has 6 nitrogen and oxygen atoms in total. The molecular formula is C6H8N4O2. The molecule has 6 heteroatoms. The summed E-state index contributed by atoms with van der Waals surface area (Å²) in [5.41, 5.74) is 5.30. The lowest BCUT2D eigenvalue weighted by atomic mass is 10.3. The number of esters is 1. The van der Waals surface area contributed by atoms with Crippen molar-refractivity contribution in [2.75, 3.05) is 12.3 Å². The lowest BCUT2D eigenvalue weighted by molar-refractivity contribution is -0.140. The number of anilines is 1. The van der Waals surface area contributed by atoms with E-state index in [0.29, 0.717) is 13.0 Å². The molecule has 0 amide bonds. The van der Waals surface area contributed by atoms with Crippen LogP contribution in [0.5, 0.6) is 0 Å². The van der Waals surface area contributed by atoms with Crippen LogP contribution >= 0.6 is 0 Å². The topological polar surface area (TPSA) is 83.0 Å². The first kappa shape index (κ1) is 7.08. The number of carbonyl (C=O) groups is 1. The molecule has 0 aliphatic carbocycles. The Balaban J connectivity index is 2.24. The molecule has 2 heterocycles. The molecule has 0 radical (unpaired) electrons. The van der Waals surface area contributed by atoms with Crippen LogP contribution in [-0.2, 0) is 9.53 Å². The first-order valence-electron chi connectivity index (χ1n) is 3.60. The molecule has 0 saturated carbocycles. The first-order chi connectivity index (χ1) is 5.77. The minimum absolute atomic E-state index is 0.176. The van der Waals surface area contributed by atoms with Gasteiger partial charge in [0.2, 0.25) is 5.95 Å². The second-order valence-corrected chi connectivity index (χ2v) is 2.55. The number of rotatable bonds is 1. The van der Waals surface area contributed by atoms with Gasteiger partial charge in [0.1, 0.15) is 6.33 Å². The molecule has 1 aromatic heterocycles. The number of carbonyl (C=O) groups excluding carboxylic acids is 1. The molecular weight excluding hydrogens is 160 g/mol. The minimum Gasteiger partial charge on any atom is -0.464 e. The zero-order valence-electron chi connectivity index (χ0n) is 6.30. The summed E-state index contributed by atoms with van der Waals surface area (Å²) < 4.78 is 6.20. The molecule has 1 atom stereocenters. The van der Waals surface area contributed by atoms with Crippen LogP contribution in [0.4, 0.5) is 5.95 Å². The zero-order valence-corrected chi connectivity index (χ0v) is 6.30. The van der Waals surface area contributed by atoms with E-state index in [4.69, 9.17) is 10.5 Å². The number of cyclic esters (lactones) is 1. The average Bonchev–Trinajstić information content (AvgIpc) is 2.58. The van der Waals surface area contributed by atoms with Gasteiger partial charge in [0.25, 0.3) is 0 Å². The summed E-state index contributed by atoms with van der Waals surface area (Å²) in [7, 11) is 0. The second-order valence-electron chi connectivity index (χ2n) is 2.55. The highest BCUT2D eigenvalue weighted by Crippen LogP contribution is 2.18. The molecule has 0 spiro atoms. The Morgan fingerprint density at radius 2 is 2.58 bits per heavy atom. The Kier molecular flexibility index (Phi) is 1.46. The van der Waals surface area contributed by atoms with E-state index in [1.54, 1.807) is 0 Å². The lowest BCUT2D eigenvalue weighted by Gasteiger charge is -2.02. The molecule has 1 saturated heterocycles. The molecule has 64 valence electrons. The highest BCUT2D eigenvalue weighted by Gasteiger charge is 2.28. The fourth-order valence-electron chi connectivity index (χ4n) is 1.16. The summed E-state index contributed by atoms with van der Waals surface area (Å²) in [6, 6.07) is -0.338. The van der Waals surface area contributed by atoms with Crippen LogP contribution in [0.1, 0.15) is 12.5 Å². The number of nitrogen functional groups attached to an aromatic ring is 1. The van der Waals surface area contributed by atoms with Crippen molar-refractivity contribution in [3.05, 3.63) is 6.33 Å². The maximum absolute atomic E-state index is 11.0. The van der Waals surface area contributed by atoms with Crippen LogP contribution in [0.2, 0.25) is 0 Å². The van der Waals surface area contributed by atoms with E-state index in [0.717, 1.165) is 0 Å². The van der Waals surface area contributed by atoms with Gasteiger partial charge in [-0.05, 0) is 0 Å². The van der Waals surface area contributed by atoms with Gasteiger partial charge in [-0.1, -0.05) is 0 Å². The summed E-state index contributed by atoms with van der Waals surface area (Å²) in [6.07, 6.45) is 2.08. The fourth-order valence-corrected chi connectivity index (χ4v) is 1.16. The first-order valence-corrected chi connectivity index (χ1v) is 3.60. The fraction of sp³-hybridized carbons (Fsp3) is 0.500. The average molecular weight is 168 g/mol. The Bertz CT molecular complexity index is 308. The smallest absolute Gasteiger partial charge is 0.331 e. The maximum Gasteiger partial charge on any atom is 0.331 e. The van der Waals surface area contributed by atoms with E-state index in [9.17, 15) is 4.79 Å². The second kappa shape index (κ2) is 2.47. The van der Waals surface area contributed by atoms with E-state index < -0.39 is 0 Å². The highest BCUT2D eigenvalue weighted by molar-refractivity contribution is 5.75. The van der Waals surface area contributed by atoms with Crippen molar-refractivity contribution in [1.82, 2.24) is 14.8 Å². The van der Waals surface area contributed by atoms with Gasteiger partial charge in [-0.2, -0.15) is 0 Å². The van der Waals surface area contributed by atoms with Crippen LogP contribution in [0, 0.1) is 0 Å². The number of aromatic nitrogens is 3. The van der Waals surface area contributed by atoms with Crippen LogP contribution in [0.15, 0.2) is 6.33 Å². The standard InChI is InChI=1S/C6H8N4O2/c7-6-8-3-10(9-6)4-1-2-12-5(4)11/h3-4H,1-2H2,(H2,7,9). The van der Waals surface area contributed by atoms with Crippen molar-refractivity contribution >= 4 is 11.9 Å². The van der Waals surface area contributed by atoms with Crippen LogP contribution in [-0.4, -0.2) is 27.3 Å². The summed E-state index contributed by atoms with van der Waals surface area (Å²) >= 11 is 0. The third-order valence-electron chi connectivity index (χ3n) is 1.75. The van der Waals surface area contributed by atoms with E-state index >= 15 is 0 Å². The van der Waals surface area contributed by atoms with Gasteiger partial charge in [0.05, 0.1) is 6.61 Å². The monoisotopic (exact) mass is 168 g/mol. The number of nitrogens with zero attached hydrogens (tertiary/aromatic N) is 3. The molecule has 12 heavy (non-hydrogen) atoms. The van der Waals surface area contributed by atoms with Gasteiger partial charge in [0, 0.05) is 6.42 Å². The Hall–Kier alpha value is -1.59. The zero-order chi connectivity index (χ0) is 8.55. The van der Waals surface area contributed by atoms with Gasteiger partial charge in [0.15, 0.2) is 6.04 Å². The molecule has 1 aromatic rings. The van der Waals surface area contributed by atoms with Crippen LogP contribution in [0.25, 0.3) is 0 Å². The van der Waals surface area contributed by atoms with Gasteiger partial charge < -0.3 is 10.5 Å². The predicted octanol–water partition coefficient (Wildman–Crippen LogP) is -0.652. The summed E-state index contributed by atoms with van der Waals surface area (Å²) in [4.78, 5) is 14.7. The van der Waals surface area contributed by atoms with Crippen LogP contribution in [0.3, 0.4) is 0 Å². The van der Waals surface area contributed by atoms with E-state index in [1.807, 2.05) is 0 Å². The SMILES string of the molecule is Nc1ncn(C2CCOC2=O)n1. The van der Waals surface area contributed by atoms with E-state index in [2.05, 4.69) is 10.1 Å². The van der Waals surface area contributed by atoms with Gasteiger partial charge >= 0.3 is 5.97 Å². The summed E-state index contributed by atoms with van der Waals surface area (Å²) in [6.45, 7) is 0.448. The number of ether oxygens (including phenoxy) is 1. The van der Waals surface area contributed by atoms with Crippen molar-refractivity contribution < 1.29 is 9.53 Å². The quantitative estimate of drug-likeness (QED) is 0.563. The Morgan fingerprint density at radius 1 is 1.75 bits per heavy atom. The third kappa shape index (κ3) is 1.01. The Labute approximate surface area is 68.3 Å². The van der Waals surface area contributed by atoms with Crippen molar-refractivity contribution in [2.24, 2.45) is 0 Å². The molecule has 1 aliphatic heterocycles. The van der Waals surface area contributed by atoms with Crippen molar-refractivity contribution in [3.8, 4) is 0 Å². The normalized spacial score (nSPS) is 22.7. The molecule has 2 N–H and O–H groups in total. The lowest BCUT2D eigenvalue weighted by Crippen LogP contribution is -2.14. The molecule has 2 rings (SSSR count). The largest absolute Gasteiger partial charge is 0.464 e. The van der Waals surface area contributed by atoms with E-state index in [-0.39, 0.29) is 18.0 Å². The van der Waals surface area contributed by atoms with E-state index in [1.165, 1.54) is 11.0 Å². The van der Waals surface area contributed by atoms with Crippen molar-refractivity contribution in [2.45, 2.75) is 12.5 Å². The van der Waals surface area contributed by atoms with Gasteiger partial charge in [-0.15, -0.1) is 5.10 Å². The highest BCUT2D eigenvalue weighted by atomic mass is 16.5. The predicted molar refractivity (Wildman–Crippen MR) is 39.0 cm³/mol. The summed E-state index contributed by atoms with van der Waals surface area (Å²) in [5.74, 6) is -0.0883. The molecule has 0 bridgehead atoms. The van der Waals surface area contributed by atoms with Crippen molar-refractivity contribution in [3.63, 3.8) is 0 Å². The molecule has 1 fully saturated rings. The van der Waals surface area contributed by atoms with Gasteiger partial charge in [-0.25, -0.2) is 14.5 Å². The number of hydrogen-bond donors (Lipinski definition) is 1. The van der Waals surface area contributed by atoms with Crippen LogP contribution < -0.4 is 5.73 Å². The summed E-state index contributed by atoms with van der Waals surface area (Å²) in [5, 5.41) is 3.83. The van der Waals surface area contributed by atoms with Gasteiger partial charge in [-0.3, -0.25) is 0 Å². The minimum atomic E-state index is -0.338. The third-order valence-corrected chi connectivity index (χ3v) is 1.75. The molecule has 1 aliphatic rings. The maximum atomic E-state index is 11.0. The number of hydrogen-bond acceptors (Lipinski definition) is 5.